The summed E-state index contributed by atoms with van der Waals surface area (Å²) in [5.74, 6) is 1.11. The Balaban J connectivity index is 1.92. The summed E-state index contributed by atoms with van der Waals surface area (Å²) in [7, 11) is 0. The number of para-hydroxylation sites is 2. The maximum absolute atomic E-state index is 6.25. The summed E-state index contributed by atoms with van der Waals surface area (Å²) in [6.45, 7) is 4.89. The van der Waals surface area contributed by atoms with Crippen LogP contribution >= 0.6 is 0 Å². The number of rotatable bonds is 5. The minimum Gasteiger partial charge on any atom is -0.326 e. The zero-order chi connectivity index (χ0) is 15.6. The van der Waals surface area contributed by atoms with Crippen molar-refractivity contribution in [3.05, 3.63) is 66.0 Å². The maximum Gasteiger partial charge on any atom is 0.110 e. The Bertz CT molecular complexity index is 751. The Labute approximate surface area is 131 Å². The van der Waals surface area contributed by atoms with Gasteiger partial charge in [-0.3, -0.25) is 0 Å². The molecule has 0 spiro atoms. The molecule has 2 N–H and O–H groups in total. The molecular weight excluding hydrogens is 270 g/mol. The van der Waals surface area contributed by atoms with E-state index < -0.39 is 0 Å². The van der Waals surface area contributed by atoms with Gasteiger partial charge in [-0.25, -0.2) is 4.98 Å². The van der Waals surface area contributed by atoms with E-state index >= 15 is 0 Å². The molecular formula is C19H23N3. The molecule has 1 aromatic heterocycles. The van der Waals surface area contributed by atoms with Gasteiger partial charge in [0.25, 0.3) is 0 Å². The van der Waals surface area contributed by atoms with Crippen LogP contribution in [-0.4, -0.2) is 15.1 Å². The summed E-state index contributed by atoms with van der Waals surface area (Å²) in [5, 5.41) is 0. The highest BCUT2D eigenvalue weighted by Crippen LogP contribution is 2.19. The van der Waals surface area contributed by atoms with Gasteiger partial charge in [-0.1, -0.05) is 42.5 Å². The first-order valence-electron chi connectivity index (χ1n) is 7.80. The lowest BCUT2D eigenvalue weighted by molar-refractivity contribution is 0.431. The van der Waals surface area contributed by atoms with Crippen LogP contribution in [0.2, 0.25) is 0 Å². The van der Waals surface area contributed by atoms with Crippen LogP contribution in [0.5, 0.6) is 0 Å². The van der Waals surface area contributed by atoms with Crippen LogP contribution < -0.4 is 5.73 Å². The molecule has 0 amide bonds. The summed E-state index contributed by atoms with van der Waals surface area (Å²) in [4.78, 5) is 4.82. The van der Waals surface area contributed by atoms with E-state index in [1.54, 1.807) is 0 Å². The number of imidazole rings is 1. The largest absolute Gasteiger partial charge is 0.326 e. The third-order valence-electron chi connectivity index (χ3n) is 3.78. The Hall–Kier alpha value is -2.13. The summed E-state index contributed by atoms with van der Waals surface area (Å²) in [6, 6.07) is 18.8. The second-order valence-corrected chi connectivity index (χ2v) is 6.58. The number of aromatic nitrogens is 2. The highest BCUT2D eigenvalue weighted by Gasteiger charge is 2.17. The zero-order valence-corrected chi connectivity index (χ0v) is 13.3. The first-order valence-corrected chi connectivity index (χ1v) is 7.80. The van der Waals surface area contributed by atoms with Crippen LogP contribution in [0.4, 0.5) is 0 Å². The van der Waals surface area contributed by atoms with Gasteiger partial charge in [-0.2, -0.15) is 0 Å². The van der Waals surface area contributed by atoms with E-state index in [9.17, 15) is 0 Å². The monoisotopic (exact) mass is 293 g/mol. The minimum atomic E-state index is -0.259. The fourth-order valence-corrected chi connectivity index (χ4v) is 2.80. The van der Waals surface area contributed by atoms with Gasteiger partial charge in [0.2, 0.25) is 0 Å². The molecule has 0 aliphatic rings. The molecule has 0 radical (unpaired) electrons. The van der Waals surface area contributed by atoms with Crippen LogP contribution in [0.3, 0.4) is 0 Å². The molecule has 0 fully saturated rings. The van der Waals surface area contributed by atoms with Crippen LogP contribution in [-0.2, 0) is 19.4 Å². The molecule has 0 bridgehead atoms. The van der Waals surface area contributed by atoms with Crippen LogP contribution in [0.25, 0.3) is 11.0 Å². The zero-order valence-electron chi connectivity index (χ0n) is 13.3. The third-order valence-corrected chi connectivity index (χ3v) is 3.78. The lowest BCUT2D eigenvalue weighted by Gasteiger charge is -2.21. The number of fused-ring (bicyclic) bond motifs is 1. The Morgan fingerprint density at radius 1 is 0.955 bits per heavy atom. The van der Waals surface area contributed by atoms with E-state index in [1.807, 2.05) is 6.07 Å². The Morgan fingerprint density at radius 3 is 2.36 bits per heavy atom. The Kier molecular flexibility index (Phi) is 3.99. The van der Waals surface area contributed by atoms with Crippen LogP contribution in [0, 0.1) is 0 Å². The average Bonchev–Trinajstić information content (AvgIpc) is 2.83. The van der Waals surface area contributed by atoms with Crippen LogP contribution in [0.15, 0.2) is 54.6 Å². The van der Waals surface area contributed by atoms with Crippen molar-refractivity contribution in [3.8, 4) is 0 Å². The fraction of sp³-hybridized carbons (Fsp3) is 0.316. The number of aryl methyl sites for hydroxylation is 2. The van der Waals surface area contributed by atoms with Crippen molar-refractivity contribution in [2.75, 3.05) is 0 Å². The summed E-state index contributed by atoms with van der Waals surface area (Å²) in [5.41, 5.74) is 9.55. The van der Waals surface area contributed by atoms with Crippen molar-refractivity contribution in [2.45, 2.75) is 38.8 Å². The molecule has 0 aliphatic carbocycles. The molecule has 3 heteroatoms. The van der Waals surface area contributed by atoms with Crippen LogP contribution in [0.1, 0.15) is 25.2 Å². The first kappa shape index (κ1) is 14.8. The number of nitrogens with two attached hydrogens (primary N) is 1. The number of nitrogens with zero attached hydrogens (tertiary/aromatic N) is 2. The van der Waals surface area contributed by atoms with E-state index in [4.69, 9.17) is 10.7 Å². The van der Waals surface area contributed by atoms with Crippen molar-refractivity contribution in [1.29, 1.82) is 0 Å². The second kappa shape index (κ2) is 5.93. The highest BCUT2D eigenvalue weighted by molar-refractivity contribution is 5.75. The van der Waals surface area contributed by atoms with Gasteiger partial charge < -0.3 is 10.3 Å². The number of hydrogen-bond donors (Lipinski definition) is 1. The highest BCUT2D eigenvalue weighted by atomic mass is 15.1. The predicted octanol–water partition coefficient (Wildman–Crippen LogP) is 3.56. The van der Waals surface area contributed by atoms with Gasteiger partial charge in [0.1, 0.15) is 5.82 Å². The molecule has 0 unspecified atom stereocenters. The lowest BCUT2D eigenvalue weighted by Crippen LogP contribution is -2.37. The summed E-state index contributed by atoms with van der Waals surface area (Å²) < 4.78 is 2.28. The first-order chi connectivity index (χ1) is 10.5. The van der Waals surface area contributed by atoms with Crippen molar-refractivity contribution < 1.29 is 0 Å². The molecule has 0 atom stereocenters. The van der Waals surface area contributed by atoms with E-state index in [0.29, 0.717) is 0 Å². The smallest absolute Gasteiger partial charge is 0.110 e. The number of benzene rings is 2. The second-order valence-electron chi connectivity index (χ2n) is 6.58. The third kappa shape index (κ3) is 3.37. The normalized spacial score (nSPS) is 12.0. The Morgan fingerprint density at radius 2 is 1.64 bits per heavy atom. The molecule has 2 aromatic carbocycles. The van der Waals surface area contributed by atoms with E-state index in [-0.39, 0.29) is 5.54 Å². The molecule has 0 saturated heterocycles. The molecule has 1 heterocycles. The average molecular weight is 293 g/mol. The quantitative estimate of drug-likeness (QED) is 0.781. The molecule has 0 aliphatic heterocycles. The molecule has 3 nitrogen and oxygen atoms in total. The summed E-state index contributed by atoms with van der Waals surface area (Å²) >= 11 is 0. The van der Waals surface area contributed by atoms with E-state index in [0.717, 1.165) is 30.7 Å². The van der Waals surface area contributed by atoms with Gasteiger partial charge >= 0.3 is 0 Å². The van der Waals surface area contributed by atoms with Gasteiger partial charge in [-0.15, -0.1) is 0 Å². The van der Waals surface area contributed by atoms with Gasteiger partial charge in [0.15, 0.2) is 0 Å². The van der Waals surface area contributed by atoms with E-state index in [2.05, 4.69) is 66.9 Å². The fourth-order valence-electron chi connectivity index (χ4n) is 2.80. The van der Waals surface area contributed by atoms with E-state index in [1.165, 1.54) is 11.1 Å². The van der Waals surface area contributed by atoms with Gasteiger partial charge in [-0.05, 0) is 38.0 Å². The maximum atomic E-state index is 6.25. The van der Waals surface area contributed by atoms with Crippen molar-refractivity contribution in [1.82, 2.24) is 9.55 Å². The number of hydrogen-bond acceptors (Lipinski definition) is 2. The summed E-state index contributed by atoms with van der Waals surface area (Å²) in [6.07, 6.45) is 1.92. The van der Waals surface area contributed by atoms with Crippen molar-refractivity contribution in [2.24, 2.45) is 5.73 Å². The molecule has 0 saturated carbocycles. The van der Waals surface area contributed by atoms with Crippen molar-refractivity contribution >= 4 is 11.0 Å². The van der Waals surface area contributed by atoms with Gasteiger partial charge in [0.05, 0.1) is 11.0 Å². The molecule has 3 rings (SSSR count). The molecule has 22 heavy (non-hydrogen) atoms. The predicted molar refractivity (Wildman–Crippen MR) is 91.8 cm³/mol. The molecule has 3 aromatic rings. The minimum absolute atomic E-state index is 0.259. The lowest BCUT2D eigenvalue weighted by atomic mass is 10.1. The molecule has 114 valence electrons. The standard InChI is InChI=1S/C19H23N3/c1-19(2,20)14-22-17-11-7-6-10-16(17)21-18(22)13-12-15-8-4-3-5-9-15/h3-11H,12-14,20H2,1-2H3. The van der Waals surface area contributed by atoms with Gasteiger partial charge in [0, 0.05) is 18.5 Å². The topological polar surface area (TPSA) is 43.8 Å². The van der Waals surface area contributed by atoms with Crippen molar-refractivity contribution in [3.63, 3.8) is 0 Å². The SMILES string of the molecule is CC(C)(N)Cn1c(CCc2ccccc2)nc2ccccc21.